The summed E-state index contributed by atoms with van der Waals surface area (Å²) in [4.78, 5) is 0. The predicted octanol–water partition coefficient (Wildman–Crippen LogP) is 2.42. The molecule has 7 heteroatoms. The minimum absolute atomic E-state index is 0. The van der Waals surface area contributed by atoms with E-state index in [1.165, 1.54) is 6.07 Å². The van der Waals surface area contributed by atoms with Crippen molar-refractivity contribution in [1.82, 2.24) is 0 Å². The van der Waals surface area contributed by atoms with Crippen molar-refractivity contribution in [2.24, 2.45) is 5.73 Å². The van der Waals surface area contributed by atoms with Crippen molar-refractivity contribution < 1.29 is 17.9 Å². The molecule has 90 valence electrons. The molecule has 0 aliphatic heterocycles. The predicted molar refractivity (Wildman–Crippen MR) is 56.3 cm³/mol. The van der Waals surface area contributed by atoms with Gasteiger partial charge in [0.05, 0.1) is 12.7 Å². The van der Waals surface area contributed by atoms with Gasteiger partial charge in [0, 0.05) is 5.56 Å². The Morgan fingerprint density at radius 1 is 1.38 bits per heavy atom. The van der Waals surface area contributed by atoms with Crippen LogP contribution in [0.3, 0.4) is 0 Å². The quantitative estimate of drug-likeness (QED) is 0.629. The standard InChI is InChI=1S/C9H9F3N2O.ClH/c1-15-7-3-2-5(8(13)14)4-6(7)9(10,11)12;/h2-4H,1H3,(H3,13,14);1H. The lowest BCUT2D eigenvalue weighted by Crippen LogP contribution is -2.14. The second kappa shape index (κ2) is 5.07. The van der Waals surface area contributed by atoms with E-state index < -0.39 is 17.6 Å². The Labute approximate surface area is 96.3 Å². The fraction of sp³-hybridized carbons (Fsp3) is 0.222. The van der Waals surface area contributed by atoms with Crippen LogP contribution in [0, 0.1) is 5.41 Å². The van der Waals surface area contributed by atoms with Gasteiger partial charge in [-0.2, -0.15) is 13.2 Å². The van der Waals surface area contributed by atoms with Gasteiger partial charge in [-0.15, -0.1) is 12.4 Å². The Balaban J connectivity index is 0.00000225. The van der Waals surface area contributed by atoms with Crippen LogP contribution in [0.25, 0.3) is 0 Å². The van der Waals surface area contributed by atoms with E-state index in [4.69, 9.17) is 11.1 Å². The third-order valence-electron chi connectivity index (χ3n) is 1.82. The monoisotopic (exact) mass is 254 g/mol. The van der Waals surface area contributed by atoms with Crippen molar-refractivity contribution in [3.05, 3.63) is 29.3 Å². The van der Waals surface area contributed by atoms with Crippen molar-refractivity contribution >= 4 is 18.2 Å². The minimum Gasteiger partial charge on any atom is -0.496 e. The van der Waals surface area contributed by atoms with E-state index in [1.54, 1.807) is 0 Å². The van der Waals surface area contributed by atoms with Crippen molar-refractivity contribution in [2.45, 2.75) is 6.18 Å². The van der Waals surface area contributed by atoms with Gasteiger partial charge >= 0.3 is 6.18 Å². The molecule has 0 saturated carbocycles. The van der Waals surface area contributed by atoms with Gasteiger partial charge in [-0.1, -0.05) is 0 Å². The first kappa shape index (κ1) is 14.6. The summed E-state index contributed by atoms with van der Waals surface area (Å²) in [6.45, 7) is 0. The molecule has 0 fully saturated rings. The minimum atomic E-state index is -4.52. The Morgan fingerprint density at radius 2 is 1.94 bits per heavy atom. The smallest absolute Gasteiger partial charge is 0.419 e. The van der Waals surface area contributed by atoms with Crippen LogP contribution in [-0.2, 0) is 6.18 Å². The van der Waals surface area contributed by atoms with Crippen LogP contribution in [0.5, 0.6) is 5.75 Å². The van der Waals surface area contributed by atoms with Crippen LogP contribution in [0.4, 0.5) is 13.2 Å². The first-order chi connectivity index (χ1) is 6.86. The molecular weight excluding hydrogens is 245 g/mol. The number of nitrogens with one attached hydrogen (secondary N) is 1. The largest absolute Gasteiger partial charge is 0.496 e. The highest BCUT2D eigenvalue weighted by Gasteiger charge is 2.34. The number of rotatable bonds is 2. The van der Waals surface area contributed by atoms with Gasteiger partial charge in [-0.25, -0.2) is 0 Å². The normalized spacial score (nSPS) is 10.5. The van der Waals surface area contributed by atoms with Crippen LogP contribution < -0.4 is 10.5 Å². The van der Waals surface area contributed by atoms with Crippen molar-refractivity contribution in [2.75, 3.05) is 7.11 Å². The zero-order valence-electron chi connectivity index (χ0n) is 8.26. The molecular formula is C9H10ClF3N2O. The summed E-state index contributed by atoms with van der Waals surface area (Å²) in [6.07, 6.45) is -4.52. The van der Waals surface area contributed by atoms with Crippen molar-refractivity contribution in [3.8, 4) is 5.75 Å². The number of benzene rings is 1. The molecule has 0 aliphatic rings. The first-order valence-electron chi connectivity index (χ1n) is 3.96. The van der Waals surface area contributed by atoms with Crippen molar-refractivity contribution in [3.63, 3.8) is 0 Å². The summed E-state index contributed by atoms with van der Waals surface area (Å²) in [5.74, 6) is -0.698. The molecule has 0 heterocycles. The number of methoxy groups -OCH3 is 1. The highest BCUT2D eigenvalue weighted by Crippen LogP contribution is 2.36. The SMILES string of the molecule is COc1ccc(C(=N)N)cc1C(F)(F)F.Cl. The molecule has 3 N–H and O–H groups in total. The van der Waals surface area contributed by atoms with E-state index in [-0.39, 0.29) is 23.7 Å². The van der Waals surface area contributed by atoms with Crippen LogP contribution in [0.1, 0.15) is 11.1 Å². The maximum Gasteiger partial charge on any atom is 0.419 e. The average molecular weight is 255 g/mol. The highest BCUT2D eigenvalue weighted by molar-refractivity contribution is 5.95. The molecule has 1 aromatic carbocycles. The fourth-order valence-electron chi connectivity index (χ4n) is 1.10. The summed E-state index contributed by atoms with van der Waals surface area (Å²) in [5.41, 5.74) is 4.18. The van der Waals surface area contributed by atoms with E-state index in [2.05, 4.69) is 4.74 Å². The van der Waals surface area contributed by atoms with Crippen LogP contribution >= 0.6 is 12.4 Å². The number of nitrogen functional groups attached to an aromatic ring is 1. The molecule has 0 unspecified atom stereocenters. The summed E-state index contributed by atoms with van der Waals surface area (Å²) in [6, 6.07) is 3.23. The second-order valence-corrected chi connectivity index (χ2v) is 2.83. The number of nitrogens with two attached hydrogens (primary N) is 1. The molecule has 0 saturated heterocycles. The number of hydrogen-bond acceptors (Lipinski definition) is 2. The van der Waals surface area contributed by atoms with Gasteiger partial charge in [0.25, 0.3) is 0 Å². The maximum atomic E-state index is 12.5. The average Bonchev–Trinajstić information content (AvgIpc) is 2.15. The van der Waals surface area contributed by atoms with E-state index in [9.17, 15) is 13.2 Å². The number of hydrogen-bond donors (Lipinski definition) is 2. The third kappa shape index (κ3) is 3.03. The van der Waals surface area contributed by atoms with E-state index >= 15 is 0 Å². The summed E-state index contributed by atoms with van der Waals surface area (Å²) in [5, 5.41) is 7.03. The Kier molecular flexibility index (Phi) is 4.61. The van der Waals surface area contributed by atoms with Crippen LogP contribution in [0.15, 0.2) is 18.2 Å². The summed E-state index contributed by atoms with van der Waals surface area (Å²) < 4.78 is 42.0. The number of alkyl halides is 3. The van der Waals surface area contributed by atoms with Crippen LogP contribution in [-0.4, -0.2) is 12.9 Å². The molecule has 0 radical (unpaired) electrons. The van der Waals surface area contributed by atoms with Gasteiger partial charge in [0.1, 0.15) is 11.6 Å². The zero-order chi connectivity index (χ0) is 11.6. The van der Waals surface area contributed by atoms with Gasteiger partial charge in [-0.05, 0) is 18.2 Å². The molecule has 0 atom stereocenters. The number of ether oxygens (including phenoxy) is 1. The Hall–Kier alpha value is -1.43. The lowest BCUT2D eigenvalue weighted by Gasteiger charge is -2.12. The van der Waals surface area contributed by atoms with Gasteiger partial charge in [0.15, 0.2) is 0 Å². The Morgan fingerprint density at radius 3 is 2.31 bits per heavy atom. The lowest BCUT2D eigenvalue weighted by atomic mass is 10.1. The second-order valence-electron chi connectivity index (χ2n) is 2.83. The molecule has 1 aromatic rings. The Bertz CT molecular complexity index is 393. The fourth-order valence-corrected chi connectivity index (χ4v) is 1.10. The number of halogens is 4. The highest BCUT2D eigenvalue weighted by atomic mass is 35.5. The number of amidine groups is 1. The molecule has 0 amide bonds. The van der Waals surface area contributed by atoms with E-state index in [1.807, 2.05) is 0 Å². The first-order valence-corrected chi connectivity index (χ1v) is 3.96. The van der Waals surface area contributed by atoms with Gasteiger partial charge < -0.3 is 10.5 Å². The summed E-state index contributed by atoms with van der Waals surface area (Å²) in [7, 11) is 1.15. The molecule has 0 spiro atoms. The van der Waals surface area contributed by atoms with E-state index in [0.717, 1.165) is 19.2 Å². The molecule has 3 nitrogen and oxygen atoms in total. The molecule has 1 rings (SSSR count). The summed E-state index contributed by atoms with van der Waals surface area (Å²) >= 11 is 0. The van der Waals surface area contributed by atoms with Crippen molar-refractivity contribution in [1.29, 1.82) is 5.41 Å². The van der Waals surface area contributed by atoms with Gasteiger partial charge in [0.2, 0.25) is 0 Å². The molecule has 16 heavy (non-hydrogen) atoms. The zero-order valence-corrected chi connectivity index (χ0v) is 9.08. The van der Waals surface area contributed by atoms with Gasteiger partial charge in [-0.3, -0.25) is 5.41 Å². The molecule has 0 bridgehead atoms. The van der Waals surface area contributed by atoms with Crippen LogP contribution in [0.2, 0.25) is 0 Å². The lowest BCUT2D eigenvalue weighted by molar-refractivity contribution is -0.138. The van der Waals surface area contributed by atoms with E-state index in [0.29, 0.717) is 0 Å². The maximum absolute atomic E-state index is 12.5. The molecule has 0 aromatic heterocycles. The molecule has 0 aliphatic carbocycles. The third-order valence-corrected chi connectivity index (χ3v) is 1.82. The topological polar surface area (TPSA) is 59.1 Å².